The molecule has 0 aliphatic carbocycles. The van der Waals surface area contributed by atoms with E-state index in [1.54, 1.807) is 12.1 Å². The van der Waals surface area contributed by atoms with Crippen LogP contribution in [-0.2, 0) is 16.1 Å². The number of benzene rings is 4. The first-order valence-electron chi connectivity index (χ1n) is 19.9. The quantitative estimate of drug-likeness (QED) is 0.0857. The highest BCUT2D eigenvalue weighted by atomic mass is 16.6. The topological polar surface area (TPSA) is 156 Å². The van der Waals surface area contributed by atoms with Crippen LogP contribution in [-0.4, -0.2) is 89.0 Å². The summed E-state index contributed by atoms with van der Waals surface area (Å²) in [5.41, 5.74) is 4.24. The van der Waals surface area contributed by atoms with E-state index in [2.05, 4.69) is 20.5 Å². The second kappa shape index (κ2) is 19.0. The highest BCUT2D eigenvalue weighted by Gasteiger charge is 2.26. The number of hydrogen-bond acceptors (Lipinski definition) is 9. The third kappa shape index (κ3) is 10.6. The van der Waals surface area contributed by atoms with Gasteiger partial charge in [0.1, 0.15) is 17.6 Å². The van der Waals surface area contributed by atoms with E-state index in [0.717, 1.165) is 87.2 Å². The molecule has 2 fully saturated rings. The lowest BCUT2D eigenvalue weighted by molar-refractivity contribution is -0.134. The summed E-state index contributed by atoms with van der Waals surface area (Å²) < 4.78 is 11.7. The molecule has 0 unspecified atom stereocenters. The van der Waals surface area contributed by atoms with Crippen LogP contribution in [0.25, 0.3) is 22.0 Å². The average Bonchev–Trinajstić information content (AvgIpc) is 3.23. The van der Waals surface area contributed by atoms with Gasteiger partial charge in [-0.2, -0.15) is 0 Å². The van der Waals surface area contributed by atoms with Gasteiger partial charge in [-0.15, -0.1) is 0 Å². The number of aromatic hydroxyl groups is 1. The second-order valence-corrected chi connectivity index (χ2v) is 15.0. The number of phenols is 1. The number of carbonyl (C=O) groups is 2. The Morgan fingerprint density at radius 1 is 0.860 bits per heavy atom. The van der Waals surface area contributed by atoms with Crippen molar-refractivity contribution in [3.63, 3.8) is 0 Å². The van der Waals surface area contributed by atoms with Crippen molar-refractivity contribution in [1.29, 1.82) is 0 Å². The van der Waals surface area contributed by atoms with Gasteiger partial charge in [0, 0.05) is 56.3 Å². The Morgan fingerprint density at radius 3 is 2.44 bits per heavy atom. The van der Waals surface area contributed by atoms with Gasteiger partial charge in [-0.3, -0.25) is 14.9 Å². The van der Waals surface area contributed by atoms with Gasteiger partial charge in [-0.25, -0.2) is 4.79 Å². The molecule has 57 heavy (non-hydrogen) atoms. The fraction of sp³-hybridized carbons (Fsp3) is 0.356. The third-order valence-electron chi connectivity index (χ3n) is 11.1. The van der Waals surface area contributed by atoms with Crippen molar-refractivity contribution in [2.24, 2.45) is 5.92 Å². The number of hydrogen-bond donors (Lipinski definition) is 5. The number of nitrogens with one attached hydrogen (secondary N) is 3. The molecule has 2 amide bonds. The summed E-state index contributed by atoms with van der Waals surface area (Å²) in [6.07, 6.45) is 3.28. The monoisotopic (exact) mass is 773 g/mol. The van der Waals surface area contributed by atoms with Gasteiger partial charge in [0.05, 0.1) is 17.3 Å². The zero-order chi connectivity index (χ0) is 39.6. The lowest BCUT2D eigenvalue weighted by atomic mass is 9.93. The average molecular weight is 774 g/mol. The van der Waals surface area contributed by atoms with E-state index in [-0.39, 0.29) is 36.5 Å². The van der Waals surface area contributed by atoms with Crippen LogP contribution in [0.4, 0.5) is 10.5 Å². The third-order valence-corrected chi connectivity index (χ3v) is 11.1. The van der Waals surface area contributed by atoms with Gasteiger partial charge in [0.25, 0.3) is 5.91 Å². The molecule has 7 rings (SSSR count). The van der Waals surface area contributed by atoms with Gasteiger partial charge >= 0.3 is 6.09 Å². The maximum Gasteiger partial charge on any atom is 0.411 e. The van der Waals surface area contributed by atoms with Gasteiger partial charge in [0.15, 0.2) is 6.61 Å². The summed E-state index contributed by atoms with van der Waals surface area (Å²) >= 11 is 0. The van der Waals surface area contributed by atoms with Crippen LogP contribution < -0.4 is 20.9 Å². The van der Waals surface area contributed by atoms with Crippen LogP contribution in [0.15, 0.2) is 108 Å². The number of aromatic amines is 1. The number of rotatable bonds is 14. The first-order chi connectivity index (χ1) is 27.8. The Bertz CT molecular complexity index is 2180. The van der Waals surface area contributed by atoms with Gasteiger partial charge in [-0.1, -0.05) is 66.7 Å². The van der Waals surface area contributed by atoms with Gasteiger partial charge < -0.3 is 39.8 Å². The molecule has 1 aromatic heterocycles. The van der Waals surface area contributed by atoms with Crippen molar-refractivity contribution in [1.82, 2.24) is 20.1 Å². The molecule has 2 saturated heterocycles. The molecular weight excluding hydrogens is 723 g/mol. The normalized spacial score (nSPS) is 16.0. The first kappa shape index (κ1) is 39.5. The van der Waals surface area contributed by atoms with Crippen molar-refractivity contribution in [3.05, 3.63) is 125 Å². The van der Waals surface area contributed by atoms with E-state index < -0.39 is 12.2 Å². The molecule has 2 aliphatic heterocycles. The van der Waals surface area contributed by atoms with E-state index in [9.17, 15) is 24.6 Å². The maximum atomic E-state index is 13.1. The number of likely N-dealkylation sites (tertiary alicyclic amines) is 2. The number of ether oxygens (including phenoxy) is 2. The smallest absolute Gasteiger partial charge is 0.411 e. The molecule has 0 radical (unpaired) electrons. The van der Waals surface area contributed by atoms with Gasteiger partial charge in [0.2, 0.25) is 5.56 Å². The number of fused-ring (bicyclic) bond motifs is 1. The van der Waals surface area contributed by atoms with E-state index in [4.69, 9.17) is 9.47 Å². The Morgan fingerprint density at radius 2 is 1.63 bits per heavy atom. The fourth-order valence-corrected chi connectivity index (χ4v) is 7.83. The lowest BCUT2D eigenvalue weighted by Gasteiger charge is -2.35. The molecule has 5 aromatic rings. The second-order valence-electron chi connectivity index (χ2n) is 15.0. The van der Waals surface area contributed by atoms with E-state index in [1.165, 1.54) is 12.1 Å². The number of phenolic OH excluding ortho intramolecular Hbond substituents is 1. The van der Waals surface area contributed by atoms with E-state index >= 15 is 0 Å². The summed E-state index contributed by atoms with van der Waals surface area (Å²) in [5, 5.41) is 27.8. The number of nitrogens with zero attached hydrogens (tertiary/aromatic N) is 2. The zero-order valence-electron chi connectivity index (χ0n) is 32.1. The summed E-state index contributed by atoms with van der Waals surface area (Å²) in [7, 11) is 0. The fourth-order valence-electron chi connectivity index (χ4n) is 7.83. The number of H-pyrrole nitrogens is 1. The molecule has 3 heterocycles. The molecule has 0 saturated carbocycles. The summed E-state index contributed by atoms with van der Waals surface area (Å²) in [6, 6.07) is 31.4. The van der Waals surface area contributed by atoms with Crippen LogP contribution in [0.3, 0.4) is 0 Å². The Labute approximate surface area is 332 Å². The highest BCUT2D eigenvalue weighted by molar-refractivity contribution is 5.91. The van der Waals surface area contributed by atoms with Crippen LogP contribution in [0.5, 0.6) is 11.5 Å². The largest absolute Gasteiger partial charge is 0.506 e. The predicted octanol–water partition coefficient (Wildman–Crippen LogP) is 6.44. The molecule has 298 valence electrons. The van der Waals surface area contributed by atoms with Crippen molar-refractivity contribution in [3.8, 4) is 22.6 Å². The minimum Gasteiger partial charge on any atom is -0.506 e. The highest BCUT2D eigenvalue weighted by Crippen LogP contribution is 2.30. The molecule has 2 aliphatic rings. The zero-order valence-corrected chi connectivity index (χ0v) is 32.1. The molecule has 4 aromatic carbocycles. The van der Waals surface area contributed by atoms with Crippen LogP contribution in [0.1, 0.15) is 49.3 Å². The summed E-state index contributed by atoms with van der Waals surface area (Å²) in [5.74, 6) is 1.11. The minimum atomic E-state index is -0.866. The molecular formula is C45H51N5O7. The first-order valence-corrected chi connectivity index (χ1v) is 19.9. The standard InChI is InChI=1S/C45H51N5O7/c51-40-15-13-37(38-14-16-42(53)48-44(38)40)41(52)29-46-28-32-7-6-10-35(27-32)56-30-43(54)50-25-18-31(19-26-50)17-22-49-23-20-34(21-24-49)57-45(55)47-39-12-5-4-11-36(39)33-8-2-1-3-9-33/h1-16,27,31,34,41,46,51-52H,17-26,28-30H2,(H,47,55)(H,48,53)/t41-/m1/s1. The van der Waals surface area contributed by atoms with Crippen LogP contribution in [0, 0.1) is 5.92 Å². The number of aromatic nitrogens is 1. The number of carbonyl (C=O) groups excluding carboxylic acids is 2. The molecule has 0 bridgehead atoms. The van der Waals surface area contributed by atoms with Crippen molar-refractivity contribution in [2.45, 2.75) is 50.9 Å². The summed E-state index contributed by atoms with van der Waals surface area (Å²) in [6.45, 7) is 4.94. The minimum absolute atomic E-state index is 0.0165. The number of aliphatic hydroxyl groups is 1. The maximum absolute atomic E-state index is 13.1. The Balaban J connectivity index is 0.772. The molecule has 1 atom stereocenters. The van der Waals surface area contributed by atoms with Gasteiger partial charge in [-0.05, 0) is 91.6 Å². The number of anilines is 1. The van der Waals surface area contributed by atoms with Crippen LogP contribution in [0.2, 0.25) is 0 Å². The number of pyridine rings is 1. The number of amides is 2. The SMILES string of the molecule is O=C(Nc1ccccc1-c1ccccc1)OC1CCN(CCC2CCN(C(=O)COc3cccc(CNC[C@@H](O)c4ccc(O)c5[nH]c(=O)ccc45)c3)CC2)CC1. The van der Waals surface area contributed by atoms with E-state index in [0.29, 0.717) is 34.7 Å². The van der Waals surface area contributed by atoms with Crippen molar-refractivity contribution in [2.75, 3.05) is 51.2 Å². The predicted molar refractivity (Wildman–Crippen MR) is 220 cm³/mol. The lowest BCUT2D eigenvalue weighted by Crippen LogP contribution is -2.42. The molecule has 12 nitrogen and oxygen atoms in total. The number of aliphatic hydroxyl groups excluding tert-OH is 1. The molecule has 12 heteroatoms. The van der Waals surface area contributed by atoms with Crippen molar-refractivity contribution < 1.29 is 29.3 Å². The van der Waals surface area contributed by atoms with Crippen molar-refractivity contribution >= 4 is 28.6 Å². The molecule has 5 N–H and O–H groups in total. The van der Waals surface area contributed by atoms with E-state index in [1.807, 2.05) is 83.8 Å². The Kier molecular flexibility index (Phi) is 13.2. The molecule has 0 spiro atoms. The summed E-state index contributed by atoms with van der Waals surface area (Å²) in [4.78, 5) is 44.6. The Hall–Kier alpha value is -5.69. The number of piperidine rings is 2. The number of para-hydroxylation sites is 1. The van der Waals surface area contributed by atoms with Crippen LogP contribution >= 0.6 is 0 Å².